The first-order valence-electron chi connectivity index (χ1n) is 10.3. The van der Waals surface area contributed by atoms with Crippen LogP contribution < -0.4 is 23.8 Å². The van der Waals surface area contributed by atoms with Crippen molar-refractivity contribution in [2.24, 2.45) is 0 Å². The minimum atomic E-state index is -0.405. The molecule has 31 heavy (non-hydrogen) atoms. The van der Waals surface area contributed by atoms with E-state index >= 15 is 0 Å². The largest absolute Gasteiger partial charge is 0.492 e. The highest BCUT2D eigenvalue weighted by Gasteiger charge is 2.35. The smallest absolute Gasteiger partial charge is 0.341 e. The molecule has 0 amide bonds. The SMILES string of the molecule is CCOC(=O)c1ccccc1OCC#C[C@@H]1c2c(cc3c(c2OC)OCO3)CC[NH+]1C. The van der Waals surface area contributed by atoms with E-state index < -0.39 is 5.97 Å². The Morgan fingerprint density at radius 1 is 1.29 bits per heavy atom. The van der Waals surface area contributed by atoms with Gasteiger partial charge in [-0.25, -0.2) is 4.79 Å². The lowest BCUT2D eigenvalue weighted by molar-refractivity contribution is -0.905. The van der Waals surface area contributed by atoms with Gasteiger partial charge in [0.05, 0.1) is 32.9 Å². The Morgan fingerprint density at radius 2 is 2.13 bits per heavy atom. The van der Waals surface area contributed by atoms with Gasteiger partial charge in [0.2, 0.25) is 12.5 Å². The summed E-state index contributed by atoms with van der Waals surface area (Å²) in [5, 5.41) is 0. The van der Waals surface area contributed by atoms with Crippen molar-refractivity contribution in [3.05, 3.63) is 47.0 Å². The molecule has 0 bridgehead atoms. The van der Waals surface area contributed by atoms with Crippen LogP contribution in [0.3, 0.4) is 0 Å². The second kappa shape index (κ2) is 9.19. The lowest BCUT2D eigenvalue weighted by atomic mass is 9.91. The lowest BCUT2D eigenvalue weighted by Crippen LogP contribution is -3.10. The fourth-order valence-electron chi connectivity index (χ4n) is 3.95. The summed E-state index contributed by atoms with van der Waals surface area (Å²) in [6.45, 7) is 3.38. The van der Waals surface area contributed by atoms with Gasteiger partial charge in [-0.05, 0) is 36.6 Å². The van der Waals surface area contributed by atoms with E-state index in [2.05, 4.69) is 18.9 Å². The second-order valence-electron chi connectivity index (χ2n) is 7.32. The molecule has 0 spiro atoms. The third-order valence-electron chi connectivity index (χ3n) is 5.45. The molecule has 0 saturated carbocycles. The Labute approximate surface area is 181 Å². The van der Waals surface area contributed by atoms with Crippen molar-refractivity contribution in [3.63, 3.8) is 0 Å². The van der Waals surface area contributed by atoms with E-state index in [9.17, 15) is 4.79 Å². The quantitative estimate of drug-likeness (QED) is 0.583. The molecule has 1 N–H and O–H groups in total. The van der Waals surface area contributed by atoms with Crippen LogP contribution in [0.25, 0.3) is 0 Å². The fourth-order valence-corrected chi connectivity index (χ4v) is 3.95. The molecule has 2 aromatic carbocycles. The Kier molecular flexibility index (Phi) is 6.19. The van der Waals surface area contributed by atoms with Crippen LogP contribution in [0.4, 0.5) is 0 Å². The van der Waals surface area contributed by atoms with Crippen LogP contribution in [0.5, 0.6) is 23.0 Å². The number of fused-ring (bicyclic) bond motifs is 2. The van der Waals surface area contributed by atoms with E-state index in [0.29, 0.717) is 29.4 Å². The number of carbonyl (C=O) groups is 1. The molecule has 7 nitrogen and oxygen atoms in total. The molecule has 0 saturated heterocycles. The molecule has 2 atom stereocenters. The average Bonchev–Trinajstić information content (AvgIpc) is 3.25. The summed E-state index contributed by atoms with van der Waals surface area (Å²) in [5.41, 5.74) is 2.60. The molecule has 2 aromatic rings. The summed E-state index contributed by atoms with van der Waals surface area (Å²) >= 11 is 0. The summed E-state index contributed by atoms with van der Waals surface area (Å²) in [6, 6.07) is 8.96. The first-order valence-corrected chi connectivity index (χ1v) is 10.3. The number of methoxy groups -OCH3 is 1. The van der Waals surface area contributed by atoms with E-state index in [4.69, 9.17) is 23.7 Å². The van der Waals surface area contributed by atoms with Gasteiger partial charge in [0.25, 0.3) is 0 Å². The molecule has 0 aliphatic carbocycles. The van der Waals surface area contributed by atoms with Crippen molar-refractivity contribution in [2.45, 2.75) is 19.4 Å². The van der Waals surface area contributed by atoms with Crippen molar-refractivity contribution in [1.29, 1.82) is 0 Å². The average molecular weight is 424 g/mol. The molecule has 2 aliphatic rings. The number of quaternary nitrogens is 1. The standard InChI is InChI=1S/C24H25NO6/c1-4-28-24(26)17-8-5-6-10-19(17)29-13-7-9-18-21-16(11-12-25(18)2)14-20-22(23(21)27-3)31-15-30-20/h5-6,8,10,14,18H,4,11-13,15H2,1-3H3/p+1/t18-/m1/s1. The molecular weight excluding hydrogens is 398 g/mol. The summed E-state index contributed by atoms with van der Waals surface area (Å²) in [7, 11) is 3.75. The van der Waals surface area contributed by atoms with Crippen LogP contribution in [-0.4, -0.2) is 46.7 Å². The van der Waals surface area contributed by atoms with E-state index in [1.165, 1.54) is 10.5 Å². The molecule has 2 aliphatic heterocycles. The third kappa shape index (κ3) is 4.12. The zero-order chi connectivity index (χ0) is 21.8. The van der Waals surface area contributed by atoms with E-state index in [0.717, 1.165) is 24.3 Å². The highest BCUT2D eigenvalue weighted by molar-refractivity contribution is 5.92. The van der Waals surface area contributed by atoms with Gasteiger partial charge in [-0.2, -0.15) is 0 Å². The highest BCUT2D eigenvalue weighted by Crippen LogP contribution is 2.47. The van der Waals surface area contributed by atoms with E-state index in [-0.39, 0.29) is 19.4 Å². The van der Waals surface area contributed by atoms with Crippen molar-refractivity contribution in [3.8, 4) is 34.8 Å². The van der Waals surface area contributed by atoms with Crippen LogP contribution in [0.2, 0.25) is 0 Å². The van der Waals surface area contributed by atoms with E-state index in [1.807, 2.05) is 12.1 Å². The second-order valence-corrected chi connectivity index (χ2v) is 7.32. The first-order chi connectivity index (χ1) is 15.1. The van der Waals surface area contributed by atoms with Crippen molar-refractivity contribution < 1.29 is 33.4 Å². The zero-order valence-electron chi connectivity index (χ0n) is 17.9. The van der Waals surface area contributed by atoms with Crippen LogP contribution in [0.15, 0.2) is 30.3 Å². The molecular formula is C24H26NO6+. The maximum Gasteiger partial charge on any atom is 0.341 e. The number of benzene rings is 2. The van der Waals surface area contributed by atoms with Crippen LogP contribution in [0.1, 0.15) is 34.5 Å². The highest BCUT2D eigenvalue weighted by atomic mass is 16.7. The van der Waals surface area contributed by atoms with Crippen LogP contribution >= 0.6 is 0 Å². The molecule has 0 aromatic heterocycles. The number of esters is 1. The Balaban J connectivity index is 1.56. The summed E-state index contributed by atoms with van der Waals surface area (Å²) in [6.07, 6.45) is 0.912. The maximum absolute atomic E-state index is 12.1. The molecule has 162 valence electrons. The summed E-state index contributed by atoms with van der Waals surface area (Å²) < 4.78 is 27.8. The topological polar surface area (TPSA) is 67.7 Å². The molecule has 0 radical (unpaired) electrons. The number of likely N-dealkylation sites (N-methyl/N-ethyl adjacent to an activating group) is 1. The van der Waals surface area contributed by atoms with Gasteiger partial charge in [-0.1, -0.05) is 18.1 Å². The van der Waals surface area contributed by atoms with Crippen LogP contribution in [0, 0.1) is 11.8 Å². The van der Waals surface area contributed by atoms with Gasteiger partial charge in [0.15, 0.2) is 17.5 Å². The summed E-state index contributed by atoms with van der Waals surface area (Å²) in [5.74, 6) is 8.56. The Morgan fingerprint density at radius 3 is 2.94 bits per heavy atom. The number of ether oxygens (including phenoxy) is 5. The van der Waals surface area contributed by atoms with Gasteiger partial charge < -0.3 is 28.6 Å². The van der Waals surface area contributed by atoms with Gasteiger partial charge in [0.1, 0.15) is 17.9 Å². The predicted molar refractivity (Wildman–Crippen MR) is 113 cm³/mol. The van der Waals surface area contributed by atoms with Gasteiger partial charge in [-0.3, -0.25) is 0 Å². The number of rotatable bonds is 5. The normalized spacial score (nSPS) is 18.4. The molecule has 2 heterocycles. The molecule has 4 rings (SSSR count). The minimum absolute atomic E-state index is 0.0860. The van der Waals surface area contributed by atoms with Crippen LogP contribution in [-0.2, 0) is 11.2 Å². The first kappa shape index (κ1) is 20.9. The van der Waals surface area contributed by atoms with Crippen molar-refractivity contribution >= 4 is 5.97 Å². The van der Waals surface area contributed by atoms with Crippen molar-refractivity contribution in [1.82, 2.24) is 0 Å². The number of hydrogen-bond donors (Lipinski definition) is 1. The maximum atomic E-state index is 12.1. The molecule has 1 unspecified atom stereocenters. The fraction of sp³-hybridized carbons (Fsp3) is 0.375. The number of hydrogen-bond acceptors (Lipinski definition) is 6. The van der Waals surface area contributed by atoms with E-state index in [1.54, 1.807) is 32.2 Å². The Bertz CT molecular complexity index is 1040. The van der Waals surface area contributed by atoms with Crippen molar-refractivity contribution in [2.75, 3.05) is 40.7 Å². The van der Waals surface area contributed by atoms with Gasteiger partial charge in [0, 0.05) is 6.42 Å². The Hall–Kier alpha value is -3.37. The summed E-state index contributed by atoms with van der Waals surface area (Å²) in [4.78, 5) is 13.4. The van der Waals surface area contributed by atoms with Gasteiger partial charge in [-0.15, -0.1) is 0 Å². The minimum Gasteiger partial charge on any atom is -0.492 e. The molecule has 7 heteroatoms. The molecule has 0 fully saturated rings. The number of para-hydroxylation sites is 1. The lowest BCUT2D eigenvalue weighted by Gasteiger charge is -2.30. The predicted octanol–water partition coefficient (Wildman–Crippen LogP) is 1.79. The van der Waals surface area contributed by atoms with Gasteiger partial charge >= 0.3 is 5.97 Å². The number of nitrogens with one attached hydrogen (secondary N) is 1. The third-order valence-corrected chi connectivity index (χ3v) is 5.45. The monoisotopic (exact) mass is 424 g/mol. The number of carbonyl (C=O) groups excluding carboxylic acids is 1. The zero-order valence-corrected chi connectivity index (χ0v) is 17.9.